The van der Waals surface area contributed by atoms with Crippen LogP contribution in [0.1, 0.15) is 30.1 Å². The van der Waals surface area contributed by atoms with Gasteiger partial charge in [0, 0.05) is 25.0 Å². The highest BCUT2D eigenvalue weighted by atomic mass is 15.2. The molecule has 0 saturated carbocycles. The molecule has 0 radical (unpaired) electrons. The number of hydrogen-bond donors (Lipinski definition) is 1. The van der Waals surface area contributed by atoms with E-state index >= 15 is 0 Å². The molecule has 1 aliphatic rings. The molecule has 2 unspecified atom stereocenters. The van der Waals surface area contributed by atoms with Crippen molar-refractivity contribution < 1.29 is 0 Å². The van der Waals surface area contributed by atoms with Crippen molar-refractivity contribution in [3.63, 3.8) is 0 Å². The molecule has 1 aliphatic heterocycles. The molecule has 0 spiro atoms. The molecule has 2 N–H and O–H groups in total. The molecule has 2 heterocycles. The van der Waals surface area contributed by atoms with Gasteiger partial charge in [0.05, 0.1) is 17.9 Å². The smallest absolute Gasteiger partial charge is 0.0774 e. The fourth-order valence-electron chi connectivity index (χ4n) is 2.96. The van der Waals surface area contributed by atoms with Gasteiger partial charge in [0.2, 0.25) is 0 Å². The predicted octanol–water partition coefficient (Wildman–Crippen LogP) is 2.14. The maximum atomic E-state index is 6.35. The quantitative estimate of drug-likeness (QED) is 0.926. The second-order valence-electron chi connectivity index (χ2n) is 5.34. The Bertz CT molecular complexity index is 529. The van der Waals surface area contributed by atoms with E-state index in [1.165, 1.54) is 5.56 Å². The average Bonchev–Trinajstić information content (AvgIpc) is 2.49. The van der Waals surface area contributed by atoms with Crippen molar-refractivity contribution >= 4 is 0 Å². The van der Waals surface area contributed by atoms with Gasteiger partial charge in [0.25, 0.3) is 0 Å². The van der Waals surface area contributed by atoms with Crippen LogP contribution in [-0.2, 0) is 6.54 Å². The van der Waals surface area contributed by atoms with E-state index < -0.39 is 0 Å². The van der Waals surface area contributed by atoms with Gasteiger partial charge in [-0.2, -0.15) is 0 Å². The second kappa shape index (κ2) is 6.11. The lowest BCUT2D eigenvalue weighted by Crippen LogP contribution is -2.45. The minimum atomic E-state index is 0.129. The molecule has 2 aromatic rings. The molecule has 1 fully saturated rings. The molecular formula is C16H20N4. The molecule has 20 heavy (non-hydrogen) atoms. The van der Waals surface area contributed by atoms with Crippen LogP contribution in [0.15, 0.2) is 48.9 Å². The maximum Gasteiger partial charge on any atom is 0.0774 e. The van der Waals surface area contributed by atoms with Gasteiger partial charge >= 0.3 is 0 Å². The monoisotopic (exact) mass is 268 g/mol. The fraction of sp³-hybridized carbons (Fsp3) is 0.375. The number of likely N-dealkylation sites (tertiary alicyclic amines) is 1. The third-order valence-electron chi connectivity index (χ3n) is 3.90. The lowest BCUT2D eigenvalue weighted by molar-refractivity contribution is 0.117. The normalized spacial score (nSPS) is 23.6. The average molecular weight is 268 g/mol. The maximum absolute atomic E-state index is 6.35. The van der Waals surface area contributed by atoms with Crippen molar-refractivity contribution in [2.45, 2.75) is 31.5 Å². The molecule has 0 bridgehead atoms. The van der Waals surface area contributed by atoms with Gasteiger partial charge < -0.3 is 5.73 Å². The highest BCUT2D eigenvalue weighted by molar-refractivity contribution is 5.16. The topological polar surface area (TPSA) is 55.0 Å². The Morgan fingerprint density at radius 3 is 2.80 bits per heavy atom. The van der Waals surface area contributed by atoms with E-state index in [0.717, 1.165) is 31.6 Å². The molecule has 4 nitrogen and oxygen atoms in total. The van der Waals surface area contributed by atoms with E-state index in [-0.39, 0.29) is 12.1 Å². The molecule has 2 atom stereocenters. The zero-order valence-corrected chi connectivity index (χ0v) is 11.5. The van der Waals surface area contributed by atoms with E-state index in [1.807, 2.05) is 12.3 Å². The summed E-state index contributed by atoms with van der Waals surface area (Å²) in [4.78, 5) is 11.1. The first-order valence-corrected chi connectivity index (χ1v) is 7.14. The fourth-order valence-corrected chi connectivity index (χ4v) is 2.96. The highest BCUT2D eigenvalue weighted by Crippen LogP contribution is 2.29. The van der Waals surface area contributed by atoms with Crippen LogP contribution in [0.3, 0.4) is 0 Å². The van der Waals surface area contributed by atoms with Gasteiger partial charge in [0.15, 0.2) is 0 Å². The summed E-state index contributed by atoms with van der Waals surface area (Å²) in [7, 11) is 0. The summed E-state index contributed by atoms with van der Waals surface area (Å²) in [6.45, 7) is 1.97. The largest absolute Gasteiger partial charge is 0.326 e. The van der Waals surface area contributed by atoms with Crippen molar-refractivity contribution in [3.05, 3.63) is 60.2 Å². The van der Waals surface area contributed by atoms with Gasteiger partial charge in [-0.1, -0.05) is 30.3 Å². The Morgan fingerprint density at radius 1 is 1.20 bits per heavy atom. The zero-order chi connectivity index (χ0) is 13.8. The molecule has 1 aromatic carbocycles. The number of piperidine rings is 1. The van der Waals surface area contributed by atoms with E-state index in [1.54, 1.807) is 12.4 Å². The first-order chi connectivity index (χ1) is 9.84. The third kappa shape index (κ3) is 2.86. The Labute approximate surface area is 119 Å². The highest BCUT2D eigenvalue weighted by Gasteiger charge is 2.31. The number of hydrogen-bond acceptors (Lipinski definition) is 4. The third-order valence-corrected chi connectivity index (χ3v) is 3.90. The number of aromatic nitrogens is 2. The van der Waals surface area contributed by atoms with E-state index in [0.29, 0.717) is 0 Å². The van der Waals surface area contributed by atoms with Gasteiger partial charge in [-0.25, -0.2) is 0 Å². The Balaban J connectivity index is 1.83. The van der Waals surface area contributed by atoms with Crippen LogP contribution < -0.4 is 5.73 Å². The second-order valence-corrected chi connectivity index (χ2v) is 5.34. The van der Waals surface area contributed by atoms with Crippen LogP contribution in [0.25, 0.3) is 0 Å². The molecule has 0 amide bonds. The van der Waals surface area contributed by atoms with Gasteiger partial charge in [-0.3, -0.25) is 14.9 Å². The first-order valence-electron chi connectivity index (χ1n) is 7.14. The lowest BCUT2D eigenvalue weighted by Gasteiger charge is -2.39. The van der Waals surface area contributed by atoms with Crippen LogP contribution in [0, 0.1) is 0 Å². The number of nitrogens with two attached hydrogens (primary N) is 1. The number of benzene rings is 1. The Kier molecular flexibility index (Phi) is 4.04. The summed E-state index contributed by atoms with van der Waals surface area (Å²) in [6.07, 6.45) is 7.49. The van der Waals surface area contributed by atoms with Crippen molar-refractivity contribution in [1.29, 1.82) is 0 Å². The molecule has 1 saturated heterocycles. The summed E-state index contributed by atoms with van der Waals surface area (Å²) in [6, 6.07) is 10.8. The van der Waals surface area contributed by atoms with Crippen LogP contribution >= 0.6 is 0 Å². The Hall–Kier alpha value is -1.78. The van der Waals surface area contributed by atoms with Gasteiger partial charge in [-0.15, -0.1) is 0 Å². The molecule has 3 rings (SSSR count). The summed E-state index contributed by atoms with van der Waals surface area (Å²) >= 11 is 0. The molecule has 1 aromatic heterocycles. The van der Waals surface area contributed by atoms with Crippen LogP contribution in [0.4, 0.5) is 0 Å². The van der Waals surface area contributed by atoms with Crippen molar-refractivity contribution in [1.82, 2.24) is 14.9 Å². The summed E-state index contributed by atoms with van der Waals surface area (Å²) in [5.74, 6) is 0. The lowest BCUT2D eigenvalue weighted by atomic mass is 9.94. The van der Waals surface area contributed by atoms with Crippen LogP contribution in [0.2, 0.25) is 0 Å². The van der Waals surface area contributed by atoms with E-state index in [9.17, 15) is 0 Å². The number of nitrogens with zero attached hydrogens (tertiary/aromatic N) is 3. The molecule has 104 valence electrons. The number of rotatable bonds is 3. The molecule has 0 aliphatic carbocycles. The Morgan fingerprint density at radius 2 is 2.05 bits per heavy atom. The van der Waals surface area contributed by atoms with Crippen LogP contribution in [-0.4, -0.2) is 27.5 Å². The summed E-state index contributed by atoms with van der Waals surface area (Å²) < 4.78 is 0. The van der Waals surface area contributed by atoms with Crippen molar-refractivity contribution in [2.24, 2.45) is 5.73 Å². The first kappa shape index (κ1) is 13.2. The van der Waals surface area contributed by atoms with E-state index in [4.69, 9.17) is 5.73 Å². The predicted molar refractivity (Wildman–Crippen MR) is 78.8 cm³/mol. The van der Waals surface area contributed by atoms with E-state index in [2.05, 4.69) is 39.1 Å². The summed E-state index contributed by atoms with van der Waals surface area (Å²) in [5, 5.41) is 0. The standard InChI is InChI=1S/C16H20N4/c17-14-7-4-10-20(12-13-5-2-1-3-6-13)16(14)15-11-18-8-9-19-15/h1-3,5-6,8-9,11,14,16H,4,7,10,12,17H2. The van der Waals surface area contributed by atoms with Crippen molar-refractivity contribution in [2.75, 3.05) is 6.54 Å². The van der Waals surface area contributed by atoms with Crippen LogP contribution in [0.5, 0.6) is 0 Å². The van der Waals surface area contributed by atoms with Crippen molar-refractivity contribution in [3.8, 4) is 0 Å². The minimum Gasteiger partial charge on any atom is -0.326 e. The summed E-state index contributed by atoms with van der Waals surface area (Å²) in [5.41, 5.74) is 8.64. The molecular weight excluding hydrogens is 248 g/mol. The zero-order valence-electron chi connectivity index (χ0n) is 11.5. The minimum absolute atomic E-state index is 0.129. The van der Waals surface area contributed by atoms with Gasteiger partial charge in [-0.05, 0) is 24.9 Å². The molecule has 4 heteroatoms. The SMILES string of the molecule is NC1CCCN(Cc2ccccc2)C1c1cnccn1. The van der Waals surface area contributed by atoms with Gasteiger partial charge in [0.1, 0.15) is 0 Å².